The van der Waals surface area contributed by atoms with Gasteiger partial charge in [0.05, 0.1) is 12.8 Å². The largest absolute Gasteiger partial charge is 0.492 e. The Kier molecular flexibility index (Phi) is 3.70. The minimum Gasteiger partial charge on any atom is -0.492 e. The molecule has 104 valence electrons. The van der Waals surface area contributed by atoms with Crippen LogP contribution in [0.3, 0.4) is 0 Å². The Morgan fingerprint density at radius 3 is 3.00 bits per heavy atom. The molecular formula is C17H20N2O. The number of rotatable bonds is 4. The van der Waals surface area contributed by atoms with Gasteiger partial charge >= 0.3 is 0 Å². The summed E-state index contributed by atoms with van der Waals surface area (Å²) < 4.78 is 5.64. The predicted molar refractivity (Wildman–Crippen MR) is 80.7 cm³/mol. The molecule has 3 nitrogen and oxygen atoms in total. The first-order chi connectivity index (χ1) is 9.78. The molecule has 1 aliphatic carbocycles. The number of hydrogen-bond acceptors (Lipinski definition) is 3. The van der Waals surface area contributed by atoms with Crippen LogP contribution in [0.2, 0.25) is 0 Å². The van der Waals surface area contributed by atoms with Crippen LogP contribution >= 0.6 is 0 Å². The van der Waals surface area contributed by atoms with Gasteiger partial charge in [0.25, 0.3) is 0 Å². The lowest BCUT2D eigenvalue weighted by molar-refractivity contribution is 0.316. The second kappa shape index (κ2) is 5.63. The average molecular weight is 268 g/mol. The molecule has 1 heterocycles. The van der Waals surface area contributed by atoms with Gasteiger partial charge in [0.15, 0.2) is 0 Å². The zero-order valence-corrected chi connectivity index (χ0v) is 11.8. The van der Waals surface area contributed by atoms with Crippen molar-refractivity contribution in [3.05, 3.63) is 47.8 Å². The molecule has 0 fully saturated rings. The average Bonchev–Trinajstić information content (AvgIpc) is 2.86. The Balaban J connectivity index is 1.89. The van der Waals surface area contributed by atoms with Crippen LogP contribution < -0.4 is 10.5 Å². The summed E-state index contributed by atoms with van der Waals surface area (Å²) in [5.41, 5.74) is 11.0. The lowest BCUT2D eigenvalue weighted by Gasteiger charge is -2.09. The molecule has 0 spiro atoms. The molecule has 1 aliphatic rings. The van der Waals surface area contributed by atoms with Crippen molar-refractivity contribution in [2.45, 2.75) is 32.2 Å². The summed E-state index contributed by atoms with van der Waals surface area (Å²) >= 11 is 0. The third-order valence-electron chi connectivity index (χ3n) is 3.79. The van der Waals surface area contributed by atoms with Gasteiger partial charge in [0.1, 0.15) is 5.75 Å². The van der Waals surface area contributed by atoms with Crippen LogP contribution in [0.15, 0.2) is 36.7 Å². The second-order valence-corrected chi connectivity index (χ2v) is 5.32. The normalized spacial score (nSPS) is 17.0. The lowest BCUT2D eigenvalue weighted by atomic mass is 10.0. The smallest absolute Gasteiger partial charge is 0.138 e. The van der Waals surface area contributed by atoms with Crippen molar-refractivity contribution in [2.75, 3.05) is 6.61 Å². The molecule has 20 heavy (non-hydrogen) atoms. The van der Waals surface area contributed by atoms with Crippen LogP contribution in [-0.2, 0) is 6.42 Å². The number of nitrogens with zero attached hydrogens (tertiary/aromatic N) is 1. The first-order valence-electron chi connectivity index (χ1n) is 7.24. The van der Waals surface area contributed by atoms with Gasteiger partial charge in [-0.2, -0.15) is 0 Å². The van der Waals surface area contributed by atoms with E-state index in [1.807, 2.05) is 6.20 Å². The van der Waals surface area contributed by atoms with Crippen molar-refractivity contribution in [1.82, 2.24) is 4.98 Å². The fourth-order valence-electron chi connectivity index (χ4n) is 2.71. The highest BCUT2D eigenvalue weighted by Gasteiger charge is 2.19. The second-order valence-electron chi connectivity index (χ2n) is 5.32. The van der Waals surface area contributed by atoms with Crippen molar-refractivity contribution >= 4 is 0 Å². The monoisotopic (exact) mass is 268 g/mol. The van der Waals surface area contributed by atoms with E-state index in [0.717, 1.165) is 37.2 Å². The summed E-state index contributed by atoms with van der Waals surface area (Å²) in [5, 5.41) is 0. The van der Waals surface area contributed by atoms with Gasteiger partial charge in [-0.05, 0) is 42.0 Å². The number of pyridine rings is 1. The molecular weight excluding hydrogens is 248 g/mol. The molecule has 1 aromatic carbocycles. The standard InChI is InChI=1S/C17H20N2O/c1-2-7-20-15-9-14(10-19-11-15)12-3-5-16-13(8-12)4-6-17(16)18/h3,5,8-11,17H,2,4,6-7,18H2,1H3. The van der Waals surface area contributed by atoms with Gasteiger partial charge in [-0.1, -0.05) is 25.1 Å². The van der Waals surface area contributed by atoms with Crippen LogP contribution in [0, 0.1) is 0 Å². The topological polar surface area (TPSA) is 48.1 Å². The maximum atomic E-state index is 6.08. The van der Waals surface area contributed by atoms with Crippen LogP contribution in [0.4, 0.5) is 0 Å². The zero-order valence-electron chi connectivity index (χ0n) is 11.8. The van der Waals surface area contributed by atoms with E-state index < -0.39 is 0 Å². The van der Waals surface area contributed by atoms with Crippen LogP contribution in [-0.4, -0.2) is 11.6 Å². The number of aryl methyl sites for hydroxylation is 1. The molecule has 1 aromatic heterocycles. The summed E-state index contributed by atoms with van der Waals surface area (Å²) in [4.78, 5) is 4.27. The highest BCUT2D eigenvalue weighted by molar-refractivity contribution is 5.66. The Bertz CT molecular complexity index is 610. The van der Waals surface area contributed by atoms with E-state index in [0.29, 0.717) is 0 Å². The molecule has 0 amide bonds. The summed E-state index contributed by atoms with van der Waals surface area (Å²) in [5.74, 6) is 0.835. The minimum atomic E-state index is 0.205. The molecule has 0 saturated heterocycles. The van der Waals surface area contributed by atoms with Gasteiger partial charge in [-0.25, -0.2) is 0 Å². The highest BCUT2D eigenvalue weighted by atomic mass is 16.5. The molecule has 0 bridgehead atoms. The molecule has 2 aromatic rings. The first kappa shape index (κ1) is 13.1. The molecule has 1 unspecified atom stereocenters. The number of aromatic nitrogens is 1. The molecule has 0 radical (unpaired) electrons. The molecule has 0 aliphatic heterocycles. The summed E-state index contributed by atoms with van der Waals surface area (Å²) in [6, 6.07) is 8.78. The molecule has 3 heteroatoms. The Labute approximate surface area is 119 Å². The predicted octanol–water partition coefficient (Wildman–Crippen LogP) is 3.48. The zero-order chi connectivity index (χ0) is 13.9. The van der Waals surface area contributed by atoms with Gasteiger partial charge in [-0.15, -0.1) is 0 Å². The van der Waals surface area contributed by atoms with Crippen molar-refractivity contribution in [1.29, 1.82) is 0 Å². The van der Waals surface area contributed by atoms with Crippen LogP contribution in [0.1, 0.15) is 36.9 Å². The Morgan fingerprint density at radius 1 is 1.25 bits per heavy atom. The van der Waals surface area contributed by atoms with E-state index in [9.17, 15) is 0 Å². The summed E-state index contributed by atoms with van der Waals surface area (Å²) in [7, 11) is 0. The van der Waals surface area contributed by atoms with Crippen molar-refractivity contribution < 1.29 is 4.74 Å². The van der Waals surface area contributed by atoms with E-state index in [1.54, 1.807) is 6.20 Å². The molecule has 3 rings (SSSR count). The van der Waals surface area contributed by atoms with E-state index in [1.165, 1.54) is 16.7 Å². The van der Waals surface area contributed by atoms with Crippen LogP contribution in [0.5, 0.6) is 5.75 Å². The van der Waals surface area contributed by atoms with Gasteiger partial charge in [0.2, 0.25) is 0 Å². The van der Waals surface area contributed by atoms with Crippen molar-refractivity contribution in [3.63, 3.8) is 0 Å². The maximum absolute atomic E-state index is 6.08. The fraction of sp³-hybridized carbons (Fsp3) is 0.353. The fourth-order valence-corrected chi connectivity index (χ4v) is 2.71. The summed E-state index contributed by atoms with van der Waals surface area (Å²) in [6.45, 7) is 2.82. The van der Waals surface area contributed by atoms with Gasteiger partial charge < -0.3 is 10.5 Å². The Hall–Kier alpha value is -1.87. The number of fused-ring (bicyclic) bond motifs is 1. The highest BCUT2D eigenvalue weighted by Crippen LogP contribution is 2.33. The van der Waals surface area contributed by atoms with Crippen molar-refractivity contribution in [3.8, 4) is 16.9 Å². The SMILES string of the molecule is CCCOc1cncc(-c2ccc3c(c2)CCC3N)c1. The van der Waals surface area contributed by atoms with Crippen LogP contribution in [0.25, 0.3) is 11.1 Å². The van der Waals surface area contributed by atoms with E-state index in [4.69, 9.17) is 10.5 Å². The van der Waals surface area contributed by atoms with Crippen molar-refractivity contribution in [2.24, 2.45) is 5.73 Å². The van der Waals surface area contributed by atoms with Gasteiger partial charge in [-0.3, -0.25) is 4.98 Å². The third-order valence-corrected chi connectivity index (χ3v) is 3.79. The molecule has 2 N–H and O–H groups in total. The quantitative estimate of drug-likeness (QED) is 0.923. The van der Waals surface area contributed by atoms with E-state index >= 15 is 0 Å². The third kappa shape index (κ3) is 2.54. The maximum Gasteiger partial charge on any atom is 0.138 e. The Morgan fingerprint density at radius 2 is 2.15 bits per heavy atom. The number of benzene rings is 1. The van der Waals surface area contributed by atoms with E-state index in [2.05, 4.69) is 36.2 Å². The first-order valence-corrected chi connectivity index (χ1v) is 7.24. The van der Waals surface area contributed by atoms with E-state index in [-0.39, 0.29) is 6.04 Å². The number of nitrogens with two attached hydrogens (primary N) is 1. The number of hydrogen-bond donors (Lipinski definition) is 1. The number of ether oxygens (including phenoxy) is 1. The molecule has 0 saturated carbocycles. The van der Waals surface area contributed by atoms with Gasteiger partial charge in [0, 0.05) is 17.8 Å². The minimum absolute atomic E-state index is 0.205. The molecule has 1 atom stereocenters. The summed E-state index contributed by atoms with van der Waals surface area (Å²) in [6.07, 6.45) is 6.78. The lowest BCUT2D eigenvalue weighted by Crippen LogP contribution is -2.04.